The Hall–Kier alpha value is -2.29. The van der Waals surface area contributed by atoms with Crippen molar-refractivity contribution in [2.75, 3.05) is 13.1 Å². The molecule has 23 heavy (non-hydrogen) atoms. The van der Waals surface area contributed by atoms with E-state index in [1.54, 1.807) is 0 Å². The van der Waals surface area contributed by atoms with Crippen molar-refractivity contribution in [2.24, 2.45) is 0 Å². The maximum atomic E-state index is 12.7. The van der Waals surface area contributed by atoms with Crippen molar-refractivity contribution in [3.05, 3.63) is 65.7 Å². The molecule has 1 fully saturated rings. The zero-order chi connectivity index (χ0) is 15.6. The summed E-state index contributed by atoms with van der Waals surface area (Å²) in [5, 5.41) is 0. The second-order valence-electron chi connectivity index (χ2n) is 6.43. The minimum atomic E-state index is -0.333. The lowest BCUT2D eigenvalue weighted by molar-refractivity contribution is -0.139. The summed E-state index contributed by atoms with van der Waals surface area (Å²) in [6, 6.07) is 18.6. The van der Waals surface area contributed by atoms with Crippen LogP contribution in [0.4, 0.5) is 0 Å². The van der Waals surface area contributed by atoms with Gasteiger partial charge < -0.3 is 9.64 Å². The molecule has 1 unspecified atom stereocenters. The van der Waals surface area contributed by atoms with E-state index in [0.29, 0.717) is 12.3 Å². The Morgan fingerprint density at radius 1 is 0.957 bits per heavy atom. The molecule has 1 amide bonds. The molecule has 2 aromatic rings. The molecule has 3 heteroatoms. The number of ether oxygens (including phenoxy) is 1. The number of benzene rings is 2. The number of nitrogens with zero attached hydrogens (tertiary/aromatic N) is 1. The zero-order valence-corrected chi connectivity index (χ0v) is 13.2. The minimum Gasteiger partial charge on any atom is -0.480 e. The van der Waals surface area contributed by atoms with Crippen LogP contribution < -0.4 is 4.74 Å². The Bertz CT molecular complexity index is 665. The maximum Gasteiger partial charge on any atom is 0.263 e. The molecule has 0 aromatic heterocycles. The summed E-state index contributed by atoms with van der Waals surface area (Å²) in [4.78, 5) is 14.7. The second kappa shape index (κ2) is 6.07. The standard InChI is InChI=1S/C20H21NO2/c22-20(19-14-17-8-4-5-9-18(17)23-19)21-12-10-16(11-13-21)15-6-2-1-3-7-15/h1-9,16,19H,10-14H2. The first-order valence-electron chi connectivity index (χ1n) is 8.39. The maximum absolute atomic E-state index is 12.7. The second-order valence-corrected chi connectivity index (χ2v) is 6.43. The lowest BCUT2D eigenvalue weighted by Crippen LogP contribution is -2.45. The Morgan fingerprint density at radius 2 is 1.65 bits per heavy atom. The Labute approximate surface area is 136 Å². The predicted octanol–water partition coefficient (Wildman–Crippen LogP) is 3.40. The van der Waals surface area contributed by atoms with Crippen LogP contribution in [-0.4, -0.2) is 30.0 Å². The molecular formula is C20H21NO2. The summed E-state index contributed by atoms with van der Waals surface area (Å²) in [5.41, 5.74) is 2.54. The van der Waals surface area contributed by atoms with E-state index in [9.17, 15) is 4.79 Å². The molecule has 118 valence electrons. The molecular weight excluding hydrogens is 286 g/mol. The smallest absolute Gasteiger partial charge is 0.263 e. The summed E-state index contributed by atoms with van der Waals surface area (Å²) in [7, 11) is 0. The number of fused-ring (bicyclic) bond motifs is 1. The van der Waals surface area contributed by atoms with Gasteiger partial charge in [0.1, 0.15) is 5.75 Å². The molecule has 2 aliphatic rings. The number of hydrogen-bond donors (Lipinski definition) is 0. The topological polar surface area (TPSA) is 29.5 Å². The van der Waals surface area contributed by atoms with Gasteiger partial charge in [0.25, 0.3) is 5.91 Å². The van der Waals surface area contributed by atoms with Crippen molar-refractivity contribution in [2.45, 2.75) is 31.3 Å². The molecule has 0 spiro atoms. The van der Waals surface area contributed by atoms with Gasteiger partial charge in [-0.2, -0.15) is 0 Å². The number of para-hydroxylation sites is 1. The number of likely N-dealkylation sites (tertiary alicyclic amines) is 1. The Morgan fingerprint density at radius 3 is 2.39 bits per heavy atom. The van der Waals surface area contributed by atoms with Gasteiger partial charge in [0.05, 0.1) is 0 Å². The SMILES string of the molecule is O=C(C1Cc2ccccc2O1)N1CCC(c2ccccc2)CC1. The van der Waals surface area contributed by atoms with Gasteiger partial charge in [-0.25, -0.2) is 0 Å². The van der Waals surface area contributed by atoms with Gasteiger partial charge in [0, 0.05) is 19.5 Å². The number of amides is 1. The van der Waals surface area contributed by atoms with E-state index in [2.05, 4.69) is 30.3 Å². The quantitative estimate of drug-likeness (QED) is 0.851. The third kappa shape index (κ3) is 2.83. The third-order valence-corrected chi connectivity index (χ3v) is 5.00. The minimum absolute atomic E-state index is 0.146. The average molecular weight is 307 g/mol. The fourth-order valence-corrected chi connectivity index (χ4v) is 3.68. The van der Waals surface area contributed by atoms with Crippen molar-refractivity contribution in [3.63, 3.8) is 0 Å². The van der Waals surface area contributed by atoms with Crippen molar-refractivity contribution in [1.82, 2.24) is 4.90 Å². The predicted molar refractivity (Wildman–Crippen MR) is 89.6 cm³/mol. The summed E-state index contributed by atoms with van der Waals surface area (Å²) in [5.74, 6) is 1.58. The van der Waals surface area contributed by atoms with Crippen molar-refractivity contribution < 1.29 is 9.53 Å². The lowest BCUT2D eigenvalue weighted by Gasteiger charge is -2.33. The van der Waals surface area contributed by atoms with E-state index in [-0.39, 0.29) is 12.0 Å². The zero-order valence-electron chi connectivity index (χ0n) is 13.2. The van der Waals surface area contributed by atoms with Gasteiger partial charge in [0.2, 0.25) is 0 Å². The fourth-order valence-electron chi connectivity index (χ4n) is 3.68. The van der Waals surface area contributed by atoms with Crippen LogP contribution in [0.1, 0.15) is 29.9 Å². The first-order valence-corrected chi connectivity index (χ1v) is 8.39. The van der Waals surface area contributed by atoms with E-state index in [4.69, 9.17) is 4.74 Å². The van der Waals surface area contributed by atoms with E-state index < -0.39 is 0 Å². The monoisotopic (exact) mass is 307 g/mol. The molecule has 2 aliphatic heterocycles. The molecule has 3 nitrogen and oxygen atoms in total. The van der Waals surface area contributed by atoms with Crippen LogP contribution in [0, 0.1) is 0 Å². The third-order valence-electron chi connectivity index (χ3n) is 5.00. The largest absolute Gasteiger partial charge is 0.480 e. The molecule has 0 bridgehead atoms. The average Bonchev–Trinajstić information content (AvgIpc) is 3.06. The van der Waals surface area contributed by atoms with Crippen LogP contribution in [0.5, 0.6) is 5.75 Å². The molecule has 1 saturated heterocycles. The Balaban J connectivity index is 1.37. The highest BCUT2D eigenvalue weighted by molar-refractivity contribution is 5.82. The molecule has 0 saturated carbocycles. The number of carbonyl (C=O) groups is 1. The van der Waals surface area contributed by atoms with Gasteiger partial charge in [-0.15, -0.1) is 0 Å². The fraction of sp³-hybridized carbons (Fsp3) is 0.350. The number of piperidine rings is 1. The van der Waals surface area contributed by atoms with Crippen LogP contribution in [0.2, 0.25) is 0 Å². The van der Waals surface area contributed by atoms with E-state index in [1.807, 2.05) is 29.2 Å². The first-order chi connectivity index (χ1) is 11.3. The molecule has 2 aromatic carbocycles. The van der Waals surface area contributed by atoms with Gasteiger partial charge >= 0.3 is 0 Å². The van der Waals surface area contributed by atoms with E-state index >= 15 is 0 Å². The highest BCUT2D eigenvalue weighted by atomic mass is 16.5. The molecule has 1 atom stereocenters. The molecule has 2 heterocycles. The Kier molecular flexibility index (Phi) is 3.78. The normalized spacial score (nSPS) is 20.9. The molecule has 4 rings (SSSR count). The first kappa shape index (κ1) is 14.3. The molecule has 0 aliphatic carbocycles. The summed E-state index contributed by atoms with van der Waals surface area (Å²) in [6.45, 7) is 1.66. The van der Waals surface area contributed by atoms with Crippen LogP contribution in [-0.2, 0) is 11.2 Å². The number of rotatable bonds is 2. The van der Waals surface area contributed by atoms with Crippen LogP contribution in [0.25, 0.3) is 0 Å². The lowest BCUT2D eigenvalue weighted by atomic mass is 9.89. The van der Waals surface area contributed by atoms with Gasteiger partial charge in [0.15, 0.2) is 6.10 Å². The molecule has 0 N–H and O–H groups in total. The van der Waals surface area contributed by atoms with Crippen molar-refractivity contribution >= 4 is 5.91 Å². The summed E-state index contributed by atoms with van der Waals surface area (Å²) < 4.78 is 5.84. The van der Waals surface area contributed by atoms with Crippen LogP contribution >= 0.6 is 0 Å². The van der Waals surface area contributed by atoms with Crippen LogP contribution in [0.15, 0.2) is 54.6 Å². The van der Waals surface area contributed by atoms with E-state index in [0.717, 1.165) is 37.2 Å². The van der Waals surface area contributed by atoms with Gasteiger partial charge in [-0.05, 0) is 36.0 Å². The van der Waals surface area contributed by atoms with Crippen molar-refractivity contribution in [1.29, 1.82) is 0 Å². The number of carbonyl (C=O) groups excluding carboxylic acids is 1. The molecule has 0 radical (unpaired) electrons. The van der Waals surface area contributed by atoms with Crippen molar-refractivity contribution in [3.8, 4) is 5.75 Å². The number of hydrogen-bond acceptors (Lipinski definition) is 2. The summed E-state index contributed by atoms with van der Waals surface area (Å²) in [6.07, 6.45) is 2.44. The highest BCUT2D eigenvalue weighted by Crippen LogP contribution is 2.31. The van der Waals surface area contributed by atoms with Gasteiger partial charge in [-0.1, -0.05) is 48.5 Å². The van der Waals surface area contributed by atoms with Crippen LogP contribution in [0.3, 0.4) is 0 Å². The highest BCUT2D eigenvalue weighted by Gasteiger charge is 2.34. The van der Waals surface area contributed by atoms with Gasteiger partial charge in [-0.3, -0.25) is 4.79 Å². The van der Waals surface area contributed by atoms with E-state index in [1.165, 1.54) is 5.56 Å². The summed E-state index contributed by atoms with van der Waals surface area (Å²) >= 11 is 0.